The van der Waals surface area contributed by atoms with E-state index in [1.807, 2.05) is 48.5 Å². The van der Waals surface area contributed by atoms with Gasteiger partial charge >= 0.3 is 0 Å². The highest BCUT2D eigenvalue weighted by atomic mass is 16.5. The van der Waals surface area contributed by atoms with Crippen LogP contribution in [0.1, 0.15) is 0 Å². The molecule has 1 aromatic heterocycles. The van der Waals surface area contributed by atoms with Crippen LogP contribution in [0, 0.1) is 0 Å². The van der Waals surface area contributed by atoms with Gasteiger partial charge in [0.05, 0.1) is 14.2 Å². The first-order chi connectivity index (χ1) is 18.5. The molecule has 0 atom stereocenters. The number of methoxy groups -OCH3 is 2. The van der Waals surface area contributed by atoms with Crippen molar-refractivity contribution in [1.29, 1.82) is 0 Å². The second-order valence-electron chi connectivity index (χ2n) is 8.46. The van der Waals surface area contributed by atoms with Crippen molar-refractivity contribution in [2.45, 2.75) is 0 Å². The molecule has 0 saturated carbocycles. The summed E-state index contributed by atoms with van der Waals surface area (Å²) in [5, 5.41) is 26.7. The highest BCUT2D eigenvalue weighted by Crippen LogP contribution is 2.37. The van der Waals surface area contributed by atoms with Gasteiger partial charge in [-0.3, -0.25) is 0 Å². The normalized spacial score (nSPS) is 10.6. The smallest absolute Gasteiger partial charge is 0.135 e. The van der Waals surface area contributed by atoms with Gasteiger partial charge in [0.15, 0.2) is 0 Å². The van der Waals surface area contributed by atoms with Gasteiger partial charge in [0.2, 0.25) is 0 Å². The zero-order valence-electron chi connectivity index (χ0n) is 20.8. The first-order valence-corrected chi connectivity index (χ1v) is 11.8. The number of benzene rings is 4. The Morgan fingerprint density at radius 3 is 1.47 bits per heavy atom. The minimum Gasteiger partial charge on any atom is -0.508 e. The number of aromatic nitrogens is 2. The maximum atomic E-state index is 10.0. The third-order valence-electron chi connectivity index (χ3n) is 5.96. The van der Waals surface area contributed by atoms with E-state index < -0.39 is 0 Å². The van der Waals surface area contributed by atoms with E-state index in [0.717, 1.165) is 33.6 Å². The van der Waals surface area contributed by atoms with E-state index in [0.29, 0.717) is 23.1 Å². The molecule has 190 valence electrons. The number of ether oxygens (including phenoxy) is 2. The maximum absolute atomic E-state index is 10.0. The van der Waals surface area contributed by atoms with E-state index in [1.165, 1.54) is 6.33 Å². The number of hydrogen-bond acceptors (Lipinski definition) is 8. The first-order valence-electron chi connectivity index (χ1n) is 11.8. The van der Waals surface area contributed by atoms with Gasteiger partial charge in [-0.2, -0.15) is 0 Å². The number of nitrogens with zero attached hydrogens (tertiary/aromatic N) is 2. The molecule has 8 heteroatoms. The fraction of sp³-hybridized carbons (Fsp3) is 0.0667. The lowest BCUT2D eigenvalue weighted by molar-refractivity contribution is 0.415. The molecule has 8 nitrogen and oxygen atoms in total. The van der Waals surface area contributed by atoms with Crippen molar-refractivity contribution in [2.75, 3.05) is 24.9 Å². The fourth-order valence-corrected chi connectivity index (χ4v) is 4.11. The van der Waals surface area contributed by atoms with Gasteiger partial charge in [-0.25, -0.2) is 9.97 Å². The van der Waals surface area contributed by atoms with Crippen LogP contribution in [0.15, 0.2) is 97.3 Å². The van der Waals surface area contributed by atoms with Crippen molar-refractivity contribution in [1.82, 2.24) is 9.97 Å². The lowest BCUT2D eigenvalue weighted by Gasteiger charge is -2.16. The predicted molar refractivity (Wildman–Crippen MR) is 149 cm³/mol. The minimum atomic E-state index is 0.173. The Morgan fingerprint density at radius 1 is 0.579 bits per heavy atom. The summed E-state index contributed by atoms with van der Waals surface area (Å²) in [6, 6.07) is 27.2. The molecule has 4 N–H and O–H groups in total. The van der Waals surface area contributed by atoms with Gasteiger partial charge in [0.25, 0.3) is 0 Å². The summed E-state index contributed by atoms with van der Waals surface area (Å²) in [7, 11) is 3.22. The molecule has 38 heavy (non-hydrogen) atoms. The largest absolute Gasteiger partial charge is 0.508 e. The molecular formula is C30H26N4O4. The van der Waals surface area contributed by atoms with E-state index in [1.54, 1.807) is 56.7 Å². The van der Waals surface area contributed by atoms with Gasteiger partial charge in [-0.1, -0.05) is 24.3 Å². The summed E-state index contributed by atoms with van der Waals surface area (Å²) in [4.78, 5) is 8.79. The molecule has 0 radical (unpaired) electrons. The van der Waals surface area contributed by atoms with E-state index in [4.69, 9.17) is 9.47 Å². The highest BCUT2D eigenvalue weighted by Gasteiger charge is 2.12. The molecule has 4 aromatic carbocycles. The Hall–Kier alpha value is -5.24. The molecule has 0 aliphatic heterocycles. The molecule has 0 unspecified atom stereocenters. The quantitative estimate of drug-likeness (QED) is 0.184. The number of nitrogens with one attached hydrogen (secondary N) is 2. The van der Waals surface area contributed by atoms with E-state index in [9.17, 15) is 10.2 Å². The number of aromatic hydroxyl groups is 2. The molecule has 0 spiro atoms. The van der Waals surface area contributed by atoms with E-state index >= 15 is 0 Å². The lowest BCUT2D eigenvalue weighted by atomic mass is 10.0. The maximum Gasteiger partial charge on any atom is 0.135 e. The average molecular weight is 507 g/mol. The Kier molecular flexibility index (Phi) is 6.95. The van der Waals surface area contributed by atoms with Gasteiger partial charge in [0, 0.05) is 28.6 Å². The summed E-state index contributed by atoms with van der Waals surface area (Å²) in [6.07, 6.45) is 1.47. The summed E-state index contributed by atoms with van der Waals surface area (Å²) < 4.78 is 10.8. The Labute approximate surface area is 220 Å². The fourth-order valence-electron chi connectivity index (χ4n) is 4.11. The number of hydrogen-bond donors (Lipinski definition) is 4. The third kappa shape index (κ3) is 5.44. The van der Waals surface area contributed by atoms with Crippen molar-refractivity contribution in [3.8, 4) is 45.3 Å². The molecule has 0 aliphatic carbocycles. The summed E-state index contributed by atoms with van der Waals surface area (Å²) >= 11 is 0. The molecule has 0 bridgehead atoms. The molecule has 5 aromatic rings. The van der Waals surface area contributed by atoms with Gasteiger partial charge in [-0.15, -0.1) is 0 Å². The van der Waals surface area contributed by atoms with E-state index in [-0.39, 0.29) is 11.5 Å². The zero-order chi connectivity index (χ0) is 26.5. The topological polar surface area (TPSA) is 109 Å². The van der Waals surface area contributed by atoms with Crippen molar-refractivity contribution in [3.63, 3.8) is 0 Å². The van der Waals surface area contributed by atoms with Crippen LogP contribution in [0.25, 0.3) is 22.3 Å². The van der Waals surface area contributed by atoms with Crippen LogP contribution in [0.5, 0.6) is 23.0 Å². The summed E-state index contributed by atoms with van der Waals surface area (Å²) in [5.74, 6) is 2.87. The Balaban J connectivity index is 1.47. The molecule has 0 saturated heterocycles. The second-order valence-corrected chi connectivity index (χ2v) is 8.46. The van der Waals surface area contributed by atoms with Crippen LogP contribution in [-0.2, 0) is 0 Å². The summed E-state index contributed by atoms with van der Waals surface area (Å²) in [6.45, 7) is 0. The van der Waals surface area contributed by atoms with Gasteiger partial charge < -0.3 is 30.3 Å². The van der Waals surface area contributed by atoms with Crippen molar-refractivity contribution >= 4 is 23.0 Å². The number of rotatable bonds is 8. The van der Waals surface area contributed by atoms with Crippen LogP contribution < -0.4 is 20.1 Å². The van der Waals surface area contributed by atoms with Crippen LogP contribution >= 0.6 is 0 Å². The molecule has 1 heterocycles. The van der Waals surface area contributed by atoms with Crippen molar-refractivity contribution < 1.29 is 19.7 Å². The molecule has 0 aliphatic rings. The first kappa shape index (κ1) is 24.5. The van der Waals surface area contributed by atoms with Gasteiger partial charge in [-0.05, 0) is 71.8 Å². The molecule has 0 amide bonds. The third-order valence-corrected chi connectivity index (χ3v) is 5.96. The minimum absolute atomic E-state index is 0.173. The number of anilines is 4. The van der Waals surface area contributed by atoms with Gasteiger partial charge in [0.1, 0.15) is 41.0 Å². The second kappa shape index (κ2) is 10.8. The Bertz CT molecular complexity index is 1470. The zero-order valence-corrected chi connectivity index (χ0v) is 20.8. The van der Waals surface area contributed by atoms with Crippen LogP contribution in [0.4, 0.5) is 23.0 Å². The number of phenolic OH excluding ortho intramolecular Hbond substituents is 2. The standard InChI is InChI=1S/C30H26N4O4/c1-37-23-9-11-27(25(15-23)19-5-3-7-21(35)13-19)33-29-17-30(32-18-31-29)34-28-12-10-24(38-2)16-26(28)20-6-4-8-22(36)14-20/h3-18,35-36H,1-2H3,(H2,31,32,33,34). The van der Waals surface area contributed by atoms with E-state index in [2.05, 4.69) is 20.6 Å². The van der Waals surface area contributed by atoms with Crippen molar-refractivity contribution in [3.05, 3.63) is 97.3 Å². The molecular weight excluding hydrogens is 480 g/mol. The molecule has 5 rings (SSSR count). The Morgan fingerprint density at radius 2 is 1.05 bits per heavy atom. The highest BCUT2D eigenvalue weighted by molar-refractivity contribution is 5.84. The van der Waals surface area contributed by atoms with Crippen LogP contribution in [-0.4, -0.2) is 34.4 Å². The lowest BCUT2D eigenvalue weighted by Crippen LogP contribution is -2.01. The SMILES string of the molecule is COc1ccc(Nc2cc(Nc3ccc(OC)cc3-c3cccc(O)c3)ncn2)c(-c2cccc(O)c2)c1. The van der Waals surface area contributed by atoms with Crippen LogP contribution in [0.2, 0.25) is 0 Å². The molecule has 0 fully saturated rings. The average Bonchev–Trinajstić information content (AvgIpc) is 2.94. The van der Waals surface area contributed by atoms with Crippen molar-refractivity contribution in [2.24, 2.45) is 0 Å². The summed E-state index contributed by atoms with van der Waals surface area (Å²) in [5.41, 5.74) is 4.90. The monoisotopic (exact) mass is 506 g/mol. The number of phenols is 2. The predicted octanol–water partition coefficient (Wildman–Crippen LogP) is 6.73. The van der Waals surface area contributed by atoms with Crippen LogP contribution in [0.3, 0.4) is 0 Å².